The SMILES string of the molecule is CCCCCCCCCCCCCCCC[N+](C)(C)CCC(N)c1cccc2ccccc12. The lowest BCUT2D eigenvalue weighted by molar-refractivity contribution is -0.890. The summed E-state index contributed by atoms with van der Waals surface area (Å²) in [5, 5.41) is 2.60. The summed E-state index contributed by atoms with van der Waals surface area (Å²) in [6, 6.07) is 15.3. The van der Waals surface area contributed by atoms with Crippen molar-refractivity contribution in [2.75, 3.05) is 27.2 Å². The molecule has 1 atom stereocenters. The first-order valence-electron chi connectivity index (χ1n) is 14.1. The molecular formula is C31H53N2+. The number of hydrogen-bond donors (Lipinski definition) is 1. The normalized spacial score (nSPS) is 13.0. The first-order valence-corrected chi connectivity index (χ1v) is 14.1. The number of quaternary nitrogens is 1. The number of fused-ring (bicyclic) bond motifs is 1. The van der Waals surface area contributed by atoms with Crippen molar-refractivity contribution in [3.05, 3.63) is 48.0 Å². The molecule has 0 saturated carbocycles. The minimum absolute atomic E-state index is 0.116. The van der Waals surface area contributed by atoms with Crippen molar-refractivity contribution >= 4 is 10.8 Å². The summed E-state index contributed by atoms with van der Waals surface area (Å²) in [4.78, 5) is 0. The summed E-state index contributed by atoms with van der Waals surface area (Å²) in [6.45, 7) is 4.70. The summed E-state index contributed by atoms with van der Waals surface area (Å²) in [5.41, 5.74) is 7.93. The Balaban J connectivity index is 1.50. The zero-order valence-electron chi connectivity index (χ0n) is 22.2. The van der Waals surface area contributed by atoms with E-state index in [-0.39, 0.29) is 6.04 Å². The van der Waals surface area contributed by atoms with Gasteiger partial charge in [-0.3, -0.25) is 0 Å². The van der Waals surface area contributed by atoms with Crippen molar-refractivity contribution in [1.29, 1.82) is 0 Å². The fourth-order valence-corrected chi connectivity index (χ4v) is 5.06. The maximum Gasteiger partial charge on any atom is 0.0800 e. The molecule has 33 heavy (non-hydrogen) atoms. The molecule has 2 aromatic carbocycles. The van der Waals surface area contributed by atoms with Crippen LogP contribution >= 0.6 is 0 Å². The topological polar surface area (TPSA) is 26.0 Å². The van der Waals surface area contributed by atoms with Gasteiger partial charge in [-0.2, -0.15) is 0 Å². The monoisotopic (exact) mass is 453 g/mol. The van der Waals surface area contributed by atoms with Crippen LogP contribution in [0.1, 0.15) is 115 Å². The number of nitrogens with zero attached hydrogens (tertiary/aromatic N) is 1. The average molecular weight is 454 g/mol. The smallest absolute Gasteiger partial charge is 0.0800 e. The summed E-state index contributed by atoms with van der Waals surface area (Å²) in [6.07, 6.45) is 21.0. The Morgan fingerprint density at radius 3 is 1.76 bits per heavy atom. The van der Waals surface area contributed by atoms with Gasteiger partial charge in [0.15, 0.2) is 0 Å². The van der Waals surface area contributed by atoms with Gasteiger partial charge in [0.2, 0.25) is 0 Å². The molecule has 2 nitrogen and oxygen atoms in total. The van der Waals surface area contributed by atoms with Gasteiger partial charge in [0.05, 0.1) is 27.2 Å². The highest BCUT2D eigenvalue weighted by Crippen LogP contribution is 2.25. The highest BCUT2D eigenvalue weighted by Gasteiger charge is 2.18. The molecule has 0 saturated heterocycles. The van der Waals surface area contributed by atoms with Gasteiger partial charge < -0.3 is 10.2 Å². The lowest BCUT2D eigenvalue weighted by Gasteiger charge is -2.31. The van der Waals surface area contributed by atoms with E-state index in [1.165, 1.54) is 113 Å². The van der Waals surface area contributed by atoms with Crippen molar-refractivity contribution in [2.45, 2.75) is 109 Å². The largest absolute Gasteiger partial charge is 0.328 e. The van der Waals surface area contributed by atoms with Crippen molar-refractivity contribution in [1.82, 2.24) is 0 Å². The Labute approximate surface area is 205 Å². The molecule has 0 radical (unpaired) electrons. The molecule has 1 unspecified atom stereocenters. The maximum atomic E-state index is 6.64. The molecule has 186 valence electrons. The van der Waals surface area contributed by atoms with Gasteiger partial charge >= 0.3 is 0 Å². The van der Waals surface area contributed by atoms with Crippen molar-refractivity contribution in [2.24, 2.45) is 5.73 Å². The van der Waals surface area contributed by atoms with E-state index in [2.05, 4.69) is 63.5 Å². The van der Waals surface area contributed by atoms with E-state index in [0.29, 0.717) is 0 Å². The van der Waals surface area contributed by atoms with Gasteiger partial charge in [-0.25, -0.2) is 0 Å². The van der Waals surface area contributed by atoms with E-state index in [9.17, 15) is 0 Å². The Morgan fingerprint density at radius 2 is 1.15 bits per heavy atom. The van der Waals surface area contributed by atoms with E-state index in [0.717, 1.165) is 17.4 Å². The standard InChI is InChI=1S/C31H53N2/c1-4-5-6-7-8-9-10-11-12-13-14-15-16-19-26-33(2,3)27-25-31(32)30-24-20-22-28-21-17-18-23-29(28)30/h17-18,20-24,31H,4-16,19,25-27,32H2,1-3H3/q+1. The first-order chi connectivity index (χ1) is 16.0. The fourth-order valence-electron chi connectivity index (χ4n) is 5.06. The average Bonchev–Trinajstić information content (AvgIpc) is 2.82. The second-order valence-corrected chi connectivity index (χ2v) is 10.9. The second kappa shape index (κ2) is 16.3. The second-order valence-electron chi connectivity index (χ2n) is 10.9. The zero-order valence-corrected chi connectivity index (χ0v) is 22.2. The first kappa shape index (κ1) is 27.9. The lowest BCUT2D eigenvalue weighted by atomic mass is 9.97. The summed E-state index contributed by atoms with van der Waals surface area (Å²) in [5.74, 6) is 0. The molecule has 0 aliphatic rings. The summed E-state index contributed by atoms with van der Waals surface area (Å²) in [7, 11) is 4.75. The van der Waals surface area contributed by atoms with Crippen molar-refractivity contribution in [3.8, 4) is 0 Å². The molecule has 0 amide bonds. The minimum Gasteiger partial charge on any atom is -0.328 e. The third-order valence-electron chi connectivity index (χ3n) is 7.39. The number of rotatable bonds is 19. The predicted molar refractivity (Wildman–Crippen MR) is 148 cm³/mol. The molecule has 0 aliphatic heterocycles. The Kier molecular flexibility index (Phi) is 13.7. The van der Waals surface area contributed by atoms with Gasteiger partial charge in [0, 0.05) is 12.5 Å². The quantitative estimate of drug-likeness (QED) is 0.167. The van der Waals surface area contributed by atoms with Crippen LogP contribution in [0.2, 0.25) is 0 Å². The van der Waals surface area contributed by atoms with E-state index in [4.69, 9.17) is 5.73 Å². The molecule has 0 heterocycles. The predicted octanol–water partition coefficient (Wildman–Crippen LogP) is 8.79. The molecule has 2 N–H and O–H groups in total. The van der Waals surface area contributed by atoms with E-state index < -0.39 is 0 Å². The van der Waals surface area contributed by atoms with E-state index >= 15 is 0 Å². The van der Waals surface area contributed by atoms with Crippen LogP contribution in [0, 0.1) is 0 Å². The Hall–Kier alpha value is -1.38. The van der Waals surface area contributed by atoms with Crippen LogP contribution in [-0.2, 0) is 0 Å². The molecule has 0 spiro atoms. The van der Waals surface area contributed by atoms with Crippen LogP contribution in [0.5, 0.6) is 0 Å². The van der Waals surface area contributed by atoms with Crippen LogP contribution in [-0.4, -0.2) is 31.7 Å². The van der Waals surface area contributed by atoms with Crippen molar-refractivity contribution in [3.63, 3.8) is 0 Å². The summed E-state index contributed by atoms with van der Waals surface area (Å²) < 4.78 is 1.08. The molecule has 2 rings (SSSR count). The highest BCUT2D eigenvalue weighted by molar-refractivity contribution is 5.86. The van der Waals surface area contributed by atoms with E-state index in [1.807, 2.05) is 0 Å². The molecule has 0 fully saturated rings. The zero-order chi connectivity index (χ0) is 23.8. The fraction of sp³-hybridized carbons (Fsp3) is 0.677. The summed E-state index contributed by atoms with van der Waals surface area (Å²) >= 11 is 0. The van der Waals surface area contributed by atoms with Crippen LogP contribution in [0.15, 0.2) is 42.5 Å². The van der Waals surface area contributed by atoms with Crippen LogP contribution in [0.4, 0.5) is 0 Å². The lowest BCUT2D eigenvalue weighted by Crippen LogP contribution is -2.42. The number of hydrogen-bond acceptors (Lipinski definition) is 1. The highest BCUT2D eigenvalue weighted by atomic mass is 15.3. The van der Waals surface area contributed by atoms with Gasteiger partial charge in [0.25, 0.3) is 0 Å². The number of benzene rings is 2. The van der Waals surface area contributed by atoms with Gasteiger partial charge in [-0.15, -0.1) is 0 Å². The third-order valence-corrected chi connectivity index (χ3v) is 7.39. The van der Waals surface area contributed by atoms with Gasteiger partial charge in [-0.05, 0) is 29.2 Å². The minimum atomic E-state index is 0.116. The molecule has 2 aromatic rings. The maximum absolute atomic E-state index is 6.64. The Morgan fingerprint density at radius 1 is 0.636 bits per heavy atom. The number of nitrogens with two attached hydrogens (primary N) is 1. The number of unbranched alkanes of at least 4 members (excludes halogenated alkanes) is 13. The van der Waals surface area contributed by atoms with Crippen LogP contribution in [0.3, 0.4) is 0 Å². The Bertz CT molecular complexity index is 746. The van der Waals surface area contributed by atoms with E-state index in [1.54, 1.807) is 0 Å². The van der Waals surface area contributed by atoms with Crippen LogP contribution in [0.25, 0.3) is 10.8 Å². The third kappa shape index (κ3) is 11.5. The molecule has 2 heteroatoms. The van der Waals surface area contributed by atoms with Gasteiger partial charge in [-0.1, -0.05) is 126 Å². The molecule has 0 bridgehead atoms. The molecule has 0 aromatic heterocycles. The van der Waals surface area contributed by atoms with Crippen LogP contribution < -0.4 is 5.73 Å². The van der Waals surface area contributed by atoms with Crippen molar-refractivity contribution < 1.29 is 4.48 Å². The molecular weight excluding hydrogens is 400 g/mol. The molecule has 0 aliphatic carbocycles. The van der Waals surface area contributed by atoms with Gasteiger partial charge in [0.1, 0.15) is 0 Å².